The lowest BCUT2D eigenvalue weighted by molar-refractivity contribution is 0.507. The van der Waals surface area contributed by atoms with Crippen molar-refractivity contribution in [3.8, 4) is 0 Å². The molecule has 1 aliphatic rings. The molecule has 1 heterocycles. The van der Waals surface area contributed by atoms with Crippen molar-refractivity contribution in [1.82, 2.24) is 5.32 Å². The monoisotopic (exact) mass is 392 g/mol. The zero-order valence-electron chi connectivity index (χ0n) is 12.8. The number of fused-ring (bicyclic) bond motifs is 1. The Balaban J connectivity index is 0.00000208. The van der Waals surface area contributed by atoms with Gasteiger partial charge in [0.1, 0.15) is 0 Å². The second-order valence-electron chi connectivity index (χ2n) is 5.52. The summed E-state index contributed by atoms with van der Waals surface area (Å²) in [4.78, 5) is 0. The van der Waals surface area contributed by atoms with E-state index in [1.54, 1.807) is 12.1 Å². The maximum absolute atomic E-state index is 13.3. The number of benzene rings is 2. The van der Waals surface area contributed by atoms with Gasteiger partial charge in [-0.3, -0.25) is 0 Å². The van der Waals surface area contributed by atoms with Crippen LogP contribution in [-0.4, -0.2) is 13.1 Å². The molecule has 0 aromatic heterocycles. The summed E-state index contributed by atoms with van der Waals surface area (Å²) in [5.41, 5.74) is 3.65. The molecule has 2 N–H and O–H groups in total. The smallest absolute Gasteiger partial charge is 0.159 e. The van der Waals surface area contributed by atoms with Crippen LogP contribution in [0, 0.1) is 11.6 Å². The van der Waals surface area contributed by atoms with Crippen molar-refractivity contribution in [2.24, 2.45) is 0 Å². The first-order valence-electron chi connectivity index (χ1n) is 7.44. The predicted octanol–water partition coefficient (Wildman–Crippen LogP) is 4.99. The predicted molar refractivity (Wildman–Crippen MR) is 97.7 cm³/mol. The van der Waals surface area contributed by atoms with Crippen molar-refractivity contribution < 1.29 is 8.78 Å². The van der Waals surface area contributed by atoms with Gasteiger partial charge in [0.15, 0.2) is 11.6 Å². The summed E-state index contributed by atoms with van der Waals surface area (Å²) in [5, 5.41) is 7.80. The molecular weight excluding hydrogens is 377 g/mol. The van der Waals surface area contributed by atoms with Crippen LogP contribution in [0.15, 0.2) is 24.3 Å². The van der Waals surface area contributed by atoms with Gasteiger partial charge in [-0.1, -0.05) is 29.3 Å². The Morgan fingerprint density at radius 2 is 1.67 bits per heavy atom. The summed E-state index contributed by atoms with van der Waals surface area (Å²) < 4.78 is 26.3. The number of nitrogens with one attached hydrogen (secondary N) is 2. The Bertz CT molecular complexity index is 738. The van der Waals surface area contributed by atoms with E-state index in [1.165, 1.54) is 6.07 Å². The summed E-state index contributed by atoms with van der Waals surface area (Å²) in [7, 11) is 0. The summed E-state index contributed by atoms with van der Waals surface area (Å²) in [6, 6.07) is 5.60. The molecule has 2 nitrogen and oxygen atoms in total. The summed E-state index contributed by atoms with van der Waals surface area (Å²) in [6.45, 7) is 2.08. The first-order chi connectivity index (χ1) is 11.1. The van der Waals surface area contributed by atoms with Gasteiger partial charge in [0.2, 0.25) is 0 Å². The first-order valence-corrected chi connectivity index (χ1v) is 8.20. The fourth-order valence-electron chi connectivity index (χ4n) is 2.84. The van der Waals surface area contributed by atoms with Crippen molar-refractivity contribution in [3.05, 3.63) is 62.6 Å². The van der Waals surface area contributed by atoms with E-state index in [1.807, 2.05) is 0 Å². The summed E-state index contributed by atoms with van der Waals surface area (Å²) in [5.74, 6) is -1.70. The van der Waals surface area contributed by atoms with Gasteiger partial charge in [0.25, 0.3) is 0 Å². The minimum absolute atomic E-state index is 0. The minimum Gasteiger partial charge on any atom is -0.380 e. The van der Waals surface area contributed by atoms with Crippen LogP contribution >= 0.6 is 35.6 Å². The van der Waals surface area contributed by atoms with Crippen LogP contribution in [0.5, 0.6) is 0 Å². The van der Waals surface area contributed by atoms with Crippen molar-refractivity contribution in [1.29, 1.82) is 0 Å². The maximum atomic E-state index is 13.3. The molecule has 0 amide bonds. The Kier molecular flexibility index (Phi) is 6.70. The molecule has 0 spiro atoms. The highest BCUT2D eigenvalue weighted by Crippen LogP contribution is 2.36. The van der Waals surface area contributed by atoms with Crippen LogP contribution in [-0.2, 0) is 19.4 Å². The molecular formula is C17H17Cl3F2N2. The molecule has 0 saturated carbocycles. The summed E-state index contributed by atoms with van der Waals surface area (Å²) >= 11 is 12.7. The Morgan fingerprint density at radius 1 is 0.958 bits per heavy atom. The van der Waals surface area contributed by atoms with Crippen LogP contribution in [0.2, 0.25) is 10.0 Å². The highest BCUT2D eigenvalue weighted by molar-refractivity contribution is 6.37. The second kappa shape index (κ2) is 8.34. The molecule has 1 aliphatic heterocycles. The topological polar surface area (TPSA) is 24.1 Å². The molecule has 0 unspecified atom stereocenters. The molecule has 2 aromatic carbocycles. The number of halogens is 5. The highest BCUT2D eigenvalue weighted by atomic mass is 35.5. The van der Waals surface area contributed by atoms with Gasteiger partial charge >= 0.3 is 0 Å². The van der Waals surface area contributed by atoms with Crippen LogP contribution in [0.25, 0.3) is 0 Å². The van der Waals surface area contributed by atoms with Gasteiger partial charge in [-0.15, -0.1) is 12.4 Å². The third-order valence-electron chi connectivity index (χ3n) is 4.00. The van der Waals surface area contributed by atoms with E-state index in [4.69, 9.17) is 23.2 Å². The van der Waals surface area contributed by atoms with Gasteiger partial charge in [-0.2, -0.15) is 0 Å². The standard InChI is InChI=1S/C17H16Cl2F2N2.ClH/c18-13-8-14(19)17(12-4-6-22-5-3-11(12)13)23-9-10-1-2-15(20)16(21)7-10;/h1-2,7-8,22-23H,3-6,9H2;1H. The highest BCUT2D eigenvalue weighted by Gasteiger charge is 2.18. The van der Waals surface area contributed by atoms with E-state index in [2.05, 4.69) is 10.6 Å². The average Bonchev–Trinajstić information content (AvgIpc) is 2.76. The van der Waals surface area contributed by atoms with E-state index in [9.17, 15) is 8.78 Å². The van der Waals surface area contributed by atoms with Crippen molar-refractivity contribution >= 4 is 41.3 Å². The van der Waals surface area contributed by atoms with Crippen molar-refractivity contribution in [3.63, 3.8) is 0 Å². The van der Waals surface area contributed by atoms with E-state index in [0.29, 0.717) is 22.2 Å². The van der Waals surface area contributed by atoms with E-state index >= 15 is 0 Å². The lowest BCUT2D eigenvalue weighted by Gasteiger charge is -2.17. The SMILES string of the molecule is Cl.Fc1ccc(CNc2c(Cl)cc(Cl)c3c2CCNCC3)cc1F. The third-order valence-corrected chi connectivity index (χ3v) is 4.64. The number of anilines is 1. The lowest BCUT2D eigenvalue weighted by Crippen LogP contribution is -2.16. The molecule has 7 heteroatoms. The zero-order valence-corrected chi connectivity index (χ0v) is 15.1. The largest absolute Gasteiger partial charge is 0.380 e. The van der Waals surface area contributed by atoms with Gasteiger partial charge in [0, 0.05) is 11.6 Å². The van der Waals surface area contributed by atoms with Gasteiger partial charge < -0.3 is 10.6 Å². The second-order valence-corrected chi connectivity index (χ2v) is 6.34. The molecule has 0 fully saturated rings. The maximum Gasteiger partial charge on any atom is 0.159 e. The number of rotatable bonds is 3. The third kappa shape index (κ3) is 4.12. The molecule has 0 saturated heterocycles. The Labute approximate surface area is 155 Å². The molecule has 24 heavy (non-hydrogen) atoms. The average molecular weight is 394 g/mol. The molecule has 130 valence electrons. The van der Waals surface area contributed by atoms with Crippen LogP contribution in [0.1, 0.15) is 16.7 Å². The lowest BCUT2D eigenvalue weighted by atomic mass is 10.0. The molecule has 0 aliphatic carbocycles. The number of hydrogen-bond donors (Lipinski definition) is 2. The van der Waals surface area contributed by atoms with E-state index in [0.717, 1.165) is 48.8 Å². The summed E-state index contributed by atoms with van der Waals surface area (Å²) in [6.07, 6.45) is 1.65. The van der Waals surface area contributed by atoms with E-state index < -0.39 is 11.6 Å². The molecule has 0 radical (unpaired) electrons. The molecule has 0 bridgehead atoms. The quantitative estimate of drug-likeness (QED) is 0.767. The Morgan fingerprint density at radius 3 is 2.38 bits per heavy atom. The van der Waals surface area contributed by atoms with Gasteiger partial charge in [0.05, 0.1) is 10.7 Å². The first kappa shape index (κ1) is 19.3. The minimum atomic E-state index is -0.852. The van der Waals surface area contributed by atoms with Crippen LogP contribution in [0.3, 0.4) is 0 Å². The van der Waals surface area contributed by atoms with Crippen LogP contribution < -0.4 is 10.6 Å². The fourth-order valence-corrected chi connectivity index (χ4v) is 3.50. The molecule has 2 aromatic rings. The van der Waals surface area contributed by atoms with Gasteiger partial charge in [-0.25, -0.2) is 8.78 Å². The van der Waals surface area contributed by atoms with Crippen molar-refractivity contribution in [2.75, 3.05) is 18.4 Å². The number of hydrogen-bond acceptors (Lipinski definition) is 2. The van der Waals surface area contributed by atoms with E-state index in [-0.39, 0.29) is 12.4 Å². The van der Waals surface area contributed by atoms with Crippen molar-refractivity contribution in [2.45, 2.75) is 19.4 Å². The van der Waals surface area contributed by atoms with Gasteiger partial charge in [-0.05, 0) is 60.8 Å². The van der Waals surface area contributed by atoms with Crippen LogP contribution in [0.4, 0.5) is 14.5 Å². The Hall–Kier alpha value is -1.07. The molecule has 0 atom stereocenters. The molecule has 3 rings (SSSR count). The zero-order chi connectivity index (χ0) is 16.4. The fraction of sp³-hybridized carbons (Fsp3) is 0.294. The normalized spacial score (nSPS) is 13.7.